The number of fused-ring (bicyclic) bond motifs is 1. The van der Waals surface area contributed by atoms with Crippen molar-refractivity contribution in [2.75, 3.05) is 18.5 Å². The van der Waals surface area contributed by atoms with Crippen molar-refractivity contribution < 1.29 is 14.0 Å². The summed E-state index contributed by atoms with van der Waals surface area (Å²) in [6.45, 7) is 0.451. The molecule has 2 aromatic carbocycles. The average Bonchev–Trinajstić information content (AvgIpc) is 3.08. The highest BCUT2D eigenvalue weighted by Gasteiger charge is 2.38. The maximum atomic E-state index is 12.9. The molecule has 1 fully saturated rings. The van der Waals surface area contributed by atoms with Crippen LogP contribution in [0.15, 0.2) is 63.8 Å². The van der Waals surface area contributed by atoms with Gasteiger partial charge in [-0.15, -0.1) is 0 Å². The Hall–Kier alpha value is -3.12. The molecule has 6 nitrogen and oxygen atoms in total. The summed E-state index contributed by atoms with van der Waals surface area (Å²) in [7, 11) is 1.54. The first-order valence-corrected chi connectivity index (χ1v) is 9.21. The average molecular weight is 397 g/mol. The second-order valence-electron chi connectivity index (χ2n) is 6.63. The van der Waals surface area contributed by atoms with E-state index in [9.17, 15) is 14.4 Å². The predicted octanol–water partition coefficient (Wildman–Crippen LogP) is 3.32. The van der Waals surface area contributed by atoms with Gasteiger partial charge >= 0.3 is 0 Å². The number of rotatable bonds is 3. The zero-order chi connectivity index (χ0) is 19.8. The minimum atomic E-state index is -0.652. The molecule has 142 valence electrons. The summed E-state index contributed by atoms with van der Waals surface area (Å²) in [5.41, 5.74) is 0.658. The first kappa shape index (κ1) is 18.3. The van der Waals surface area contributed by atoms with E-state index in [1.54, 1.807) is 53.4 Å². The Morgan fingerprint density at radius 3 is 2.64 bits per heavy atom. The lowest BCUT2D eigenvalue weighted by atomic mass is 10.2. The van der Waals surface area contributed by atoms with Crippen LogP contribution >= 0.6 is 11.6 Å². The van der Waals surface area contributed by atoms with E-state index in [0.29, 0.717) is 34.6 Å². The van der Waals surface area contributed by atoms with Crippen LogP contribution in [-0.4, -0.2) is 36.3 Å². The van der Waals surface area contributed by atoms with E-state index < -0.39 is 11.9 Å². The molecule has 4 rings (SSSR count). The zero-order valence-electron chi connectivity index (χ0n) is 15.1. The SMILES string of the molecule is CN(C(=O)c1cc(=O)c2ccccc2o1)C1CCN(c2ccccc2Cl)C1=O. The Labute approximate surface area is 165 Å². The van der Waals surface area contributed by atoms with Gasteiger partial charge < -0.3 is 14.2 Å². The predicted molar refractivity (Wildman–Crippen MR) is 107 cm³/mol. The van der Waals surface area contributed by atoms with Crippen LogP contribution in [0.3, 0.4) is 0 Å². The van der Waals surface area contributed by atoms with Gasteiger partial charge in [-0.2, -0.15) is 0 Å². The molecule has 3 aromatic rings. The number of hydrogen-bond donors (Lipinski definition) is 0. The highest BCUT2D eigenvalue weighted by Crippen LogP contribution is 2.30. The van der Waals surface area contributed by atoms with Gasteiger partial charge in [-0.05, 0) is 30.7 Å². The molecule has 28 heavy (non-hydrogen) atoms. The van der Waals surface area contributed by atoms with E-state index in [2.05, 4.69) is 0 Å². The normalized spacial score (nSPS) is 16.6. The van der Waals surface area contributed by atoms with Gasteiger partial charge in [-0.25, -0.2) is 0 Å². The fraction of sp³-hybridized carbons (Fsp3) is 0.190. The van der Waals surface area contributed by atoms with Crippen LogP contribution in [0.2, 0.25) is 5.02 Å². The van der Waals surface area contributed by atoms with Gasteiger partial charge in [-0.3, -0.25) is 14.4 Å². The molecule has 1 atom stereocenters. The van der Waals surface area contributed by atoms with Crippen LogP contribution in [0.25, 0.3) is 11.0 Å². The quantitative estimate of drug-likeness (QED) is 0.680. The number of benzene rings is 2. The molecule has 0 radical (unpaired) electrons. The van der Waals surface area contributed by atoms with Crippen molar-refractivity contribution >= 4 is 40.1 Å². The number of carbonyl (C=O) groups is 2. The summed E-state index contributed by atoms with van der Waals surface area (Å²) in [5, 5.41) is 0.884. The number of carbonyl (C=O) groups excluding carboxylic acids is 2. The second kappa shape index (κ2) is 7.13. The first-order valence-electron chi connectivity index (χ1n) is 8.83. The Kier molecular flexibility index (Phi) is 4.65. The molecule has 1 aliphatic rings. The molecule has 2 amide bonds. The molecule has 1 saturated heterocycles. The topological polar surface area (TPSA) is 70.8 Å². The van der Waals surface area contributed by atoms with Crippen LogP contribution in [-0.2, 0) is 4.79 Å². The lowest BCUT2D eigenvalue weighted by molar-refractivity contribution is -0.120. The summed E-state index contributed by atoms with van der Waals surface area (Å²) in [5.74, 6) is -0.815. The number of hydrogen-bond acceptors (Lipinski definition) is 4. The lowest BCUT2D eigenvalue weighted by Crippen LogP contribution is -2.43. The van der Waals surface area contributed by atoms with Crippen molar-refractivity contribution in [3.8, 4) is 0 Å². The largest absolute Gasteiger partial charge is 0.451 e. The zero-order valence-corrected chi connectivity index (χ0v) is 15.8. The van der Waals surface area contributed by atoms with Crippen LogP contribution in [0, 0.1) is 0 Å². The summed E-state index contributed by atoms with van der Waals surface area (Å²) >= 11 is 6.20. The second-order valence-corrected chi connectivity index (χ2v) is 7.04. The fourth-order valence-electron chi connectivity index (χ4n) is 3.46. The maximum Gasteiger partial charge on any atom is 0.290 e. The third-order valence-electron chi connectivity index (χ3n) is 4.95. The van der Waals surface area contributed by atoms with Crippen LogP contribution in [0.5, 0.6) is 0 Å². The van der Waals surface area contributed by atoms with E-state index >= 15 is 0 Å². The highest BCUT2D eigenvalue weighted by molar-refractivity contribution is 6.34. The van der Waals surface area contributed by atoms with Gasteiger partial charge in [0.05, 0.1) is 16.1 Å². The number of likely N-dealkylation sites (N-methyl/N-ethyl adjacent to an activating group) is 1. The molecule has 0 bridgehead atoms. The Bertz CT molecular complexity index is 1140. The van der Waals surface area contributed by atoms with Crippen molar-refractivity contribution in [2.24, 2.45) is 0 Å². The van der Waals surface area contributed by atoms with Gasteiger partial charge in [0, 0.05) is 19.7 Å². The highest BCUT2D eigenvalue weighted by atomic mass is 35.5. The maximum absolute atomic E-state index is 12.9. The first-order chi connectivity index (χ1) is 13.5. The summed E-state index contributed by atoms with van der Waals surface area (Å²) in [6, 6.07) is 14.3. The van der Waals surface area contributed by atoms with Crippen molar-refractivity contribution in [3.05, 3.63) is 75.6 Å². The van der Waals surface area contributed by atoms with E-state index in [-0.39, 0.29) is 17.1 Å². The Balaban J connectivity index is 1.60. The molecule has 7 heteroatoms. The van der Waals surface area contributed by atoms with Gasteiger partial charge in [0.1, 0.15) is 11.6 Å². The minimum absolute atomic E-state index is 0.0878. The molecule has 0 saturated carbocycles. The van der Waals surface area contributed by atoms with E-state index in [1.165, 1.54) is 18.0 Å². The van der Waals surface area contributed by atoms with Crippen LogP contribution in [0.1, 0.15) is 17.0 Å². The summed E-state index contributed by atoms with van der Waals surface area (Å²) < 4.78 is 5.61. The molecule has 1 aliphatic heterocycles. The number of halogens is 1. The molecule has 0 aliphatic carbocycles. The van der Waals surface area contributed by atoms with Gasteiger partial charge in [0.2, 0.25) is 5.91 Å². The molecular formula is C21H17ClN2O4. The smallest absolute Gasteiger partial charge is 0.290 e. The number of nitrogens with zero attached hydrogens (tertiary/aromatic N) is 2. The van der Waals surface area contributed by atoms with Crippen LogP contribution in [0.4, 0.5) is 5.69 Å². The molecular weight excluding hydrogens is 380 g/mol. The molecule has 0 N–H and O–H groups in total. The minimum Gasteiger partial charge on any atom is -0.451 e. The molecule has 1 unspecified atom stereocenters. The van der Waals surface area contributed by atoms with Crippen molar-refractivity contribution in [2.45, 2.75) is 12.5 Å². The van der Waals surface area contributed by atoms with Gasteiger partial charge in [0.25, 0.3) is 5.91 Å². The van der Waals surface area contributed by atoms with Crippen molar-refractivity contribution in [1.29, 1.82) is 0 Å². The third kappa shape index (κ3) is 3.05. The van der Waals surface area contributed by atoms with Crippen LogP contribution < -0.4 is 10.3 Å². The van der Waals surface area contributed by atoms with E-state index in [1.807, 2.05) is 0 Å². The monoisotopic (exact) mass is 396 g/mol. The van der Waals surface area contributed by atoms with Crippen molar-refractivity contribution in [3.63, 3.8) is 0 Å². The standard InChI is InChI=1S/C21H17ClN2O4/c1-23(16-10-11-24(20(16)26)15-8-4-3-7-14(15)22)21(27)19-12-17(25)13-6-2-5-9-18(13)28-19/h2-9,12,16H,10-11H2,1H3. The van der Waals surface area contributed by atoms with E-state index in [4.69, 9.17) is 16.0 Å². The third-order valence-corrected chi connectivity index (χ3v) is 5.27. The Morgan fingerprint density at radius 1 is 1.14 bits per heavy atom. The fourth-order valence-corrected chi connectivity index (χ4v) is 3.70. The van der Waals surface area contributed by atoms with Gasteiger partial charge in [0.15, 0.2) is 11.2 Å². The molecule has 2 heterocycles. The number of para-hydroxylation sites is 2. The summed E-state index contributed by atoms with van der Waals surface area (Å²) in [4.78, 5) is 40.9. The number of anilines is 1. The number of amides is 2. The molecule has 1 aromatic heterocycles. The van der Waals surface area contributed by atoms with E-state index in [0.717, 1.165) is 0 Å². The Morgan fingerprint density at radius 2 is 1.86 bits per heavy atom. The summed E-state index contributed by atoms with van der Waals surface area (Å²) in [6.07, 6.45) is 0.462. The van der Waals surface area contributed by atoms with Gasteiger partial charge in [-0.1, -0.05) is 35.9 Å². The lowest BCUT2D eigenvalue weighted by Gasteiger charge is -2.24. The molecule has 0 spiro atoms. The van der Waals surface area contributed by atoms with Crippen molar-refractivity contribution in [1.82, 2.24) is 4.90 Å².